The number of nitrogens with two attached hydrogens (primary N) is 1. The largest absolute Gasteiger partial charge is 0.382 e. The van der Waals surface area contributed by atoms with Crippen LogP contribution in [0.1, 0.15) is 23.2 Å². The van der Waals surface area contributed by atoms with Gasteiger partial charge in [0.15, 0.2) is 0 Å². The number of anilines is 1. The Kier molecular flexibility index (Phi) is 6.99. The number of nitrogens with zero attached hydrogens (tertiary/aromatic N) is 3. The van der Waals surface area contributed by atoms with Crippen LogP contribution in [-0.2, 0) is 17.6 Å². The third-order valence-electron chi connectivity index (χ3n) is 5.51. The molecule has 0 unspecified atom stereocenters. The first-order chi connectivity index (χ1) is 16.5. The summed E-state index contributed by atoms with van der Waals surface area (Å²) in [5.74, 6) is -0.213. The molecule has 0 fully saturated rings. The van der Waals surface area contributed by atoms with Crippen LogP contribution in [0, 0.1) is 17.1 Å². The van der Waals surface area contributed by atoms with E-state index < -0.39 is 0 Å². The first-order valence-corrected chi connectivity index (χ1v) is 11.0. The van der Waals surface area contributed by atoms with Gasteiger partial charge in [0.25, 0.3) is 0 Å². The molecular formula is C27H24FN5O. The van der Waals surface area contributed by atoms with Gasteiger partial charge < -0.3 is 11.1 Å². The van der Waals surface area contributed by atoms with Gasteiger partial charge in [-0.1, -0.05) is 54.6 Å². The Morgan fingerprint density at radius 2 is 1.68 bits per heavy atom. The molecular weight excluding hydrogens is 429 g/mol. The van der Waals surface area contributed by atoms with E-state index in [9.17, 15) is 14.4 Å². The topological polar surface area (TPSA) is 96.7 Å². The van der Waals surface area contributed by atoms with Crippen LogP contribution in [0.4, 0.5) is 10.2 Å². The number of aryl methyl sites for hydroxylation is 1. The number of rotatable bonds is 8. The highest BCUT2D eigenvalue weighted by Gasteiger charge is 2.16. The number of carbonyl (C=O) groups excluding carboxylic acids is 1. The van der Waals surface area contributed by atoms with E-state index in [-0.39, 0.29) is 17.5 Å². The molecule has 34 heavy (non-hydrogen) atoms. The van der Waals surface area contributed by atoms with E-state index in [0.29, 0.717) is 42.8 Å². The molecule has 4 aromatic rings. The Balaban J connectivity index is 1.29. The van der Waals surface area contributed by atoms with Gasteiger partial charge in [0, 0.05) is 6.54 Å². The van der Waals surface area contributed by atoms with E-state index in [2.05, 4.69) is 28.6 Å². The summed E-state index contributed by atoms with van der Waals surface area (Å²) in [4.78, 5) is 12.3. The van der Waals surface area contributed by atoms with E-state index in [1.54, 1.807) is 12.1 Å². The molecule has 0 saturated carbocycles. The number of nitriles is 1. The Morgan fingerprint density at radius 1 is 1.00 bits per heavy atom. The van der Waals surface area contributed by atoms with Gasteiger partial charge in [0.05, 0.1) is 17.8 Å². The minimum atomic E-state index is -0.363. The summed E-state index contributed by atoms with van der Waals surface area (Å²) in [5, 5.41) is 16.8. The summed E-state index contributed by atoms with van der Waals surface area (Å²) >= 11 is 0. The number of halogens is 1. The lowest BCUT2D eigenvalue weighted by Gasteiger charge is -2.06. The number of hydrogen-bond acceptors (Lipinski definition) is 4. The van der Waals surface area contributed by atoms with Crippen molar-refractivity contribution in [2.75, 3.05) is 12.3 Å². The maximum Gasteiger partial charge on any atom is 0.224 e. The molecule has 3 aromatic carbocycles. The van der Waals surface area contributed by atoms with Crippen LogP contribution in [0.5, 0.6) is 0 Å². The van der Waals surface area contributed by atoms with Crippen molar-refractivity contribution in [3.05, 3.63) is 102 Å². The SMILES string of the molecule is N#Cc1c(CCCNC(=O)Cc2ccc(-c3ccccc3)cc2)nn(-c2ccc(F)cc2)c1N. The Morgan fingerprint density at radius 3 is 2.35 bits per heavy atom. The van der Waals surface area contributed by atoms with Gasteiger partial charge in [-0.25, -0.2) is 9.07 Å². The molecule has 3 N–H and O–H groups in total. The highest BCUT2D eigenvalue weighted by atomic mass is 19.1. The van der Waals surface area contributed by atoms with E-state index in [1.807, 2.05) is 42.5 Å². The van der Waals surface area contributed by atoms with Crippen LogP contribution < -0.4 is 11.1 Å². The van der Waals surface area contributed by atoms with Gasteiger partial charge in [-0.05, 0) is 53.8 Å². The van der Waals surface area contributed by atoms with Crippen molar-refractivity contribution >= 4 is 11.7 Å². The third kappa shape index (κ3) is 5.30. The number of amides is 1. The van der Waals surface area contributed by atoms with Crippen molar-refractivity contribution in [2.24, 2.45) is 0 Å². The molecule has 0 aliphatic rings. The average Bonchev–Trinajstić information content (AvgIpc) is 3.18. The molecule has 1 amide bonds. The summed E-state index contributed by atoms with van der Waals surface area (Å²) in [6, 6.07) is 25.9. The third-order valence-corrected chi connectivity index (χ3v) is 5.51. The lowest BCUT2D eigenvalue weighted by Crippen LogP contribution is -2.26. The van der Waals surface area contributed by atoms with Gasteiger partial charge in [0.2, 0.25) is 5.91 Å². The van der Waals surface area contributed by atoms with Crippen LogP contribution in [0.25, 0.3) is 16.8 Å². The molecule has 1 heterocycles. The molecule has 0 saturated heterocycles. The van der Waals surface area contributed by atoms with Crippen molar-refractivity contribution < 1.29 is 9.18 Å². The van der Waals surface area contributed by atoms with Gasteiger partial charge in [-0.3, -0.25) is 4.79 Å². The first kappa shape index (κ1) is 22.7. The number of nitrogen functional groups attached to an aromatic ring is 1. The highest BCUT2D eigenvalue weighted by molar-refractivity contribution is 5.78. The predicted octanol–water partition coefficient (Wildman–Crippen LogP) is 4.42. The molecule has 4 rings (SSSR count). The molecule has 1 aromatic heterocycles. The zero-order valence-corrected chi connectivity index (χ0v) is 18.5. The maximum absolute atomic E-state index is 13.2. The fourth-order valence-corrected chi connectivity index (χ4v) is 3.73. The molecule has 0 radical (unpaired) electrons. The van der Waals surface area contributed by atoms with E-state index in [0.717, 1.165) is 16.7 Å². The zero-order valence-electron chi connectivity index (χ0n) is 18.5. The lowest BCUT2D eigenvalue weighted by molar-refractivity contribution is -0.120. The molecule has 0 spiro atoms. The fraction of sp³-hybridized carbons (Fsp3) is 0.148. The van der Waals surface area contributed by atoms with Crippen LogP contribution >= 0.6 is 0 Å². The Hall–Kier alpha value is -4.44. The van der Waals surface area contributed by atoms with Gasteiger partial charge in [-0.15, -0.1) is 0 Å². The van der Waals surface area contributed by atoms with Crippen molar-refractivity contribution in [3.8, 4) is 22.9 Å². The molecule has 0 atom stereocenters. The quantitative estimate of drug-likeness (QED) is 0.386. The van der Waals surface area contributed by atoms with Crippen LogP contribution in [0.15, 0.2) is 78.9 Å². The van der Waals surface area contributed by atoms with Crippen LogP contribution in [0.3, 0.4) is 0 Å². The van der Waals surface area contributed by atoms with E-state index in [4.69, 9.17) is 5.73 Å². The first-order valence-electron chi connectivity index (χ1n) is 11.0. The average molecular weight is 454 g/mol. The zero-order chi connectivity index (χ0) is 23.9. The van der Waals surface area contributed by atoms with Crippen LogP contribution in [-0.4, -0.2) is 22.2 Å². The molecule has 0 bridgehead atoms. The normalized spacial score (nSPS) is 10.6. The summed E-state index contributed by atoms with van der Waals surface area (Å²) in [5.41, 5.74) is 10.7. The molecule has 0 aliphatic carbocycles. The Labute approximate surface area is 197 Å². The van der Waals surface area contributed by atoms with E-state index >= 15 is 0 Å². The number of aromatic nitrogens is 2. The van der Waals surface area contributed by atoms with Crippen molar-refractivity contribution in [1.82, 2.24) is 15.1 Å². The standard InChI is InChI=1S/C27H24FN5O/c28-22-12-14-23(15-13-22)33-27(30)24(18-29)25(32-33)7-4-16-31-26(34)17-19-8-10-21(11-9-19)20-5-2-1-3-6-20/h1-3,5-6,8-15H,4,7,16-17,30H2,(H,31,34). The number of hydrogen-bond donors (Lipinski definition) is 2. The minimum Gasteiger partial charge on any atom is -0.382 e. The van der Waals surface area contributed by atoms with Gasteiger partial charge in [-0.2, -0.15) is 10.4 Å². The highest BCUT2D eigenvalue weighted by Crippen LogP contribution is 2.22. The molecule has 0 aliphatic heterocycles. The molecule has 170 valence electrons. The van der Waals surface area contributed by atoms with Gasteiger partial charge in [0.1, 0.15) is 23.3 Å². The fourth-order valence-electron chi connectivity index (χ4n) is 3.73. The van der Waals surface area contributed by atoms with Crippen molar-refractivity contribution in [2.45, 2.75) is 19.3 Å². The van der Waals surface area contributed by atoms with Crippen molar-refractivity contribution in [3.63, 3.8) is 0 Å². The smallest absolute Gasteiger partial charge is 0.224 e. The Bertz CT molecular complexity index is 1310. The van der Waals surface area contributed by atoms with Crippen molar-refractivity contribution in [1.29, 1.82) is 5.26 Å². The maximum atomic E-state index is 13.2. The second kappa shape index (κ2) is 10.5. The summed E-state index contributed by atoms with van der Waals surface area (Å²) in [6.45, 7) is 0.453. The monoisotopic (exact) mass is 453 g/mol. The summed E-state index contributed by atoms with van der Waals surface area (Å²) < 4.78 is 14.6. The number of carbonyl (C=O) groups is 1. The second-order valence-corrected chi connectivity index (χ2v) is 7.90. The molecule has 6 nitrogen and oxygen atoms in total. The second-order valence-electron chi connectivity index (χ2n) is 7.90. The summed E-state index contributed by atoms with van der Waals surface area (Å²) in [7, 11) is 0. The minimum absolute atomic E-state index is 0.0654. The number of benzene rings is 3. The lowest BCUT2D eigenvalue weighted by atomic mass is 10.0. The molecule has 7 heteroatoms. The predicted molar refractivity (Wildman–Crippen MR) is 130 cm³/mol. The van der Waals surface area contributed by atoms with Gasteiger partial charge >= 0.3 is 0 Å². The van der Waals surface area contributed by atoms with Crippen LogP contribution in [0.2, 0.25) is 0 Å². The summed E-state index contributed by atoms with van der Waals surface area (Å²) in [6.07, 6.45) is 1.38. The van der Waals surface area contributed by atoms with E-state index in [1.165, 1.54) is 16.8 Å². The number of nitrogens with one attached hydrogen (secondary N) is 1.